The van der Waals surface area contributed by atoms with Gasteiger partial charge in [-0.3, -0.25) is 0 Å². The van der Waals surface area contributed by atoms with Crippen LogP contribution < -0.4 is 19.8 Å². The first-order valence-electron chi connectivity index (χ1n) is 11.9. The number of aryl methyl sites for hydroxylation is 1. The second-order valence-corrected chi connectivity index (χ2v) is 7.70. The molecule has 0 saturated heterocycles. The summed E-state index contributed by atoms with van der Waals surface area (Å²) >= 11 is 0. The normalized spacial score (nSPS) is 17.2. The molecule has 3 rings (SSSR count). The predicted octanol–water partition coefficient (Wildman–Crippen LogP) is 2.33. The molecular weight excluding hydrogens is 436 g/mol. The summed E-state index contributed by atoms with van der Waals surface area (Å²) in [4.78, 5) is 0. The molecule has 0 fully saturated rings. The van der Waals surface area contributed by atoms with Crippen LogP contribution >= 0.6 is 0 Å². The van der Waals surface area contributed by atoms with Crippen molar-refractivity contribution in [3.05, 3.63) is 53.9 Å². The van der Waals surface area contributed by atoms with Crippen molar-refractivity contribution in [1.29, 1.82) is 0 Å². The largest absolute Gasteiger partial charge is 0.487 e. The zero-order valence-electron chi connectivity index (χ0n) is 19.9. The molecule has 0 bridgehead atoms. The number of hydrogen-bond acceptors (Lipinski definition) is 7. The first-order chi connectivity index (χ1) is 16.8. The maximum absolute atomic E-state index is 5.98. The maximum Gasteiger partial charge on any atom is 0.169 e. The monoisotopic (exact) mass is 473 g/mol. The van der Waals surface area contributed by atoms with Gasteiger partial charge in [-0.25, -0.2) is 4.57 Å². The van der Waals surface area contributed by atoms with Gasteiger partial charge in [0.05, 0.1) is 52.9 Å². The van der Waals surface area contributed by atoms with Crippen molar-refractivity contribution in [1.82, 2.24) is 0 Å². The third-order valence-corrected chi connectivity index (χ3v) is 5.06. The Morgan fingerprint density at radius 3 is 1.76 bits per heavy atom. The highest BCUT2D eigenvalue weighted by Crippen LogP contribution is 2.29. The molecule has 1 aromatic heterocycles. The van der Waals surface area contributed by atoms with E-state index in [2.05, 4.69) is 41.2 Å². The summed E-state index contributed by atoms with van der Waals surface area (Å²) in [5, 5.41) is 0. The van der Waals surface area contributed by atoms with Crippen LogP contribution in [0.25, 0.3) is 12.2 Å². The molecule has 1 aliphatic rings. The second kappa shape index (κ2) is 16.2. The number of nitrogens with two attached hydrogens (primary N) is 1. The average molecular weight is 474 g/mol. The average Bonchev–Trinajstić information content (AvgIpc) is 2.87. The zero-order chi connectivity index (χ0) is 23.7. The van der Waals surface area contributed by atoms with Crippen molar-refractivity contribution < 1.29 is 33.0 Å². The van der Waals surface area contributed by atoms with Gasteiger partial charge in [0.25, 0.3) is 0 Å². The van der Waals surface area contributed by atoms with Crippen molar-refractivity contribution in [2.24, 2.45) is 5.73 Å². The molecule has 186 valence electrons. The summed E-state index contributed by atoms with van der Waals surface area (Å²) in [6, 6.07) is 10.1. The van der Waals surface area contributed by atoms with E-state index in [1.165, 1.54) is 0 Å². The minimum atomic E-state index is 0.421. The van der Waals surface area contributed by atoms with Crippen LogP contribution in [0.3, 0.4) is 0 Å². The molecule has 34 heavy (non-hydrogen) atoms. The van der Waals surface area contributed by atoms with Gasteiger partial charge in [0, 0.05) is 18.6 Å². The van der Waals surface area contributed by atoms with Crippen LogP contribution in [-0.4, -0.2) is 72.6 Å². The summed E-state index contributed by atoms with van der Waals surface area (Å²) in [6.45, 7) is 6.61. The van der Waals surface area contributed by atoms with Gasteiger partial charge >= 0.3 is 0 Å². The second-order valence-electron chi connectivity index (χ2n) is 7.70. The van der Waals surface area contributed by atoms with E-state index >= 15 is 0 Å². The van der Waals surface area contributed by atoms with Crippen LogP contribution in [0, 0.1) is 0 Å². The third kappa shape index (κ3) is 10.2. The van der Waals surface area contributed by atoms with E-state index in [9.17, 15) is 0 Å². The van der Waals surface area contributed by atoms with Gasteiger partial charge in [0.1, 0.15) is 19.8 Å². The summed E-state index contributed by atoms with van der Waals surface area (Å²) in [6.07, 6.45) is 9.25. The van der Waals surface area contributed by atoms with Gasteiger partial charge in [0.15, 0.2) is 23.9 Å². The van der Waals surface area contributed by atoms with E-state index in [1.807, 2.05) is 18.2 Å². The quantitative estimate of drug-likeness (QED) is 0.667. The van der Waals surface area contributed by atoms with E-state index in [-0.39, 0.29) is 0 Å². The summed E-state index contributed by atoms with van der Waals surface area (Å²) in [7, 11) is 0. The molecule has 2 N–H and O–H groups in total. The fourth-order valence-electron chi connectivity index (χ4n) is 3.24. The zero-order valence-corrected chi connectivity index (χ0v) is 19.9. The lowest BCUT2D eigenvalue weighted by atomic mass is 10.1. The SMILES string of the molecule is NCCC[n+]1ccc(/C=C/c2ccc3c(c2)OCCOCCOCCOCCOCCO3)cc1. The Balaban J connectivity index is 1.60. The lowest BCUT2D eigenvalue weighted by molar-refractivity contribution is -0.697. The number of ether oxygens (including phenoxy) is 6. The highest BCUT2D eigenvalue weighted by Gasteiger charge is 2.07. The molecule has 0 atom stereocenters. The van der Waals surface area contributed by atoms with Crippen molar-refractivity contribution in [2.75, 3.05) is 72.6 Å². The molecule has 0 amide bonds. The molecule has 0 spiro atoms. The van der Waals surface area contributed by atoms with Crippen molar-refractivity contribution >= 4 is 12.2 Å². The summed E-state index contributed by atoms with van der Waals surface area (Å²) in [5.41, 5.74) is 7.73. The Kier molecular flexibility index (Phi) is 12.4. The van der Waals surface area contributed by atoms with Crippen LogP contribution in [0.4, 0.5) is 0 Å². The number of nitrogens with zero attached hydrogens (tertiary/aromatic N) is 1. The Morgan fingerprint density at radius 1 is 0.647 bits per heavy atom. The Labute approximate surface area is 202 Å². The predicted molar refractivity (Wildman–Crippen MR) is 130 cm³/mol. The van der Waals surface area contributed by atoms with Gasteiger partial charge in [-0.1, -0.05) is 18.2 Å². The van der Waals surface area contributed by atoms with Gasteiger partial charge in [0.2, 0.25) is 0 Å². The van der Waals surface area contributed by atoms with Crippen LogP contribution in [0.15, 0.2) is 42.7 Å². The van der Waals surface area contributed by atoms with E-state index in [0.29, 0.717) is 84.1 Å². The number of fused-ring (bicyclic) bond motifs is 1. The molecule has 1 aromatic carbocycles. The third-order valence-electron chi connectivity index (χ3n) is 5.06. The van der Waals surface area contributed by atoms with E-state index in [4.69, 9.17) is 34.2 Å². The van der Waals surface area contributed by atoms with Crippen molar-refractivity contribution in [2.45, 2.75) is 13.0 Å². The molecule has 1 aliphatic heterocycles. The van der Waals surface area contributed by atoms with Crippen LogP contribution in [0.5, 0.6) is 11.5 Å². The lowest BCUT2D eigenvalue weighted by Gasteiger charge is -2.14. The summed E-state index contributed by atoms with van der Waals surface area (Å²) in [5.74, 6) is 1.36. The molecule has 2 aromatic rings. The van der Waals surface area contributed by atoms with E-state index in [0.717, 1.165) is 24.1 Å². The molecule has 0 unspecified atom stereocenters. The molecule has 2 heterocycles. The van der Waals surface area contributed by atoms with Gasteiger partial charge in [-0.15, -0.1) is 0 Å². The van der Waals surface area contributed by atoms with E-state index in [1.54, 1.807) is 0 Å². The highest BCUT2D eigenvalue weighted by atomic mass is 16.6. The number of rotatable bonds is 5. The molecule has 8 nitrogen and oxygen atoms in total. The number of pyridine rings is 1. The molecule has 0 aliphatic carbocycles. The van der Waals surface area contributed by atoms with Crippen molar-refractivity contribution in [3.63, 3.8) is 0 Å². The Bertz CT molecular complexity index is 844. The van der Waals surface area contributed by atoms with Crippen LogP contribution in [-0.2, 0) is 25.5 Å². The first-order valence-corrected chi connectivity index (χ1v) is 11.9. The summed E-state index contributed by atoms with van der Waals surface area (Å²) < 4.78 is 36.1. The molecular formula is C26H37N2O6+. The Hall–Kier alpha value is -2.49. The van der Waals surface area contributed by atoms with E-state index < -0.39 is 0 Å². The lowest BCUT2D eigenvalue weighted by Crippen LogP contribution is -2.33. The van der Waals surface area contributed by atoms with Crippen LogP contribution in [0.1, 0.15) is 17.5 Å². The fraction of sp³-hybridized carbons (Fsp3) is 0.500. The number of hydrogen-bond donors (Lipinski definition) is 1. The topological polar surface area (TPSA) is 85.3 Å². The smallest absolute Gasteiger partial charge is 0.169 e. The standard InChI is InChI=1S/C26H37N2O6/c27-8-1-9-28-10-6-23(7-11-28)2-3-24-4-5-25-26(22-24)34-21-19-32-17-15-30-13-12-29-14-16-31-18-20-33-25/h2-7,10-11,22H,1,8-9,12-21,27H2/q+1/b3-2+. The van der Waals surface area contributed by atoms with Crippen LogP contribution in [0.2, 0.25) is 0 Å². The number of benzene rings is 1. The maximum atomic E-state index is 5.98. The molecule has 0 saturated carbocycles. The minimum absolute atomic E-state index is 0.421. The van der Waals surface area contributed by atoms with Crippen molar-refractivity contribution in [3.8, 4) is 11.5 Å². The number of aromatic nitrogens is 1. The fourth-order valence-corrected chi connectivity index (χ4v) is 3.24. The first kappa shape index (κ1) is 26.1. The Morgan fingerprint density at radius 2 is 1.18 bits per heavy atom. The molecule has 8 heteroatoms. The van der Waals surface area contributed by atoms with Gasteiger partial charge in [-0.05, 0) is 29.8 Å². The molecule has 0 radical (unpaired) electrons. The minimum Gasteiger partial charge on any atom is -0.487 e. The van der Waals surface area contributed by atoms with Gasteiger partial charge in [-0.2, -0.15) is 0 Å². The van der Waals surface area contributed by atoms with Gasteiger partial charge < -0.3 is 34.2 Å². The highest BCUT2D eigenvalue weighted by molar-refractivity contribution is 5.70.